The van der Waals surface area contributed by atoms with Gasteiger partial charge in [0.25, 0.3) is 0 Å². The lowest BCUT2D eigenvalue weighted by atomic mass is 9.84. The van der Waals surface area contributed by atoms with Crippen LogP contribution >= 0.6 is 0 Å². The highest BCUT2D eigenvalue weighted by Crippen LogP contribution is 2.26. The zero-order chi connectivity index (χ0) is 14.4. The summed E-state index contributed by atoms with van der Waals surface area (Å²) >= 11 is 0. The highest BCUT2D eigenvalue weighted by Gasteiger charge is 2.19. The van der Waals surface area contributed by atoms with Gasteiger partial charge in [0, 0.05) is 18.2 Å². The first kappa shape index (κ1) is 14.9. The van der Waals surface area contributed by atoms with E-state index in [0.29, 0.717) is 6.04 Å². The van der Waals surface area contributed by atoms with E-state index in [-0.39, 0.29) is 5.84 Å². The standard InChI is InChI=1S/C16H25N3O/c1-2-12-7-9-14(10-8-12)18-11-13-5-3-4-6-15(13)16(17)19-20/h3-6,12,14,18,20H,2,7-11H2,1H3,(H2,17,19). The molecule has 20 heavy (non-hydrogen) atoms. The topological polar surface area (TPSA) is 70.6 Å². The molecule has 1 fully saturated rings. The van der Waals surface area contributed by atoms with E-state index in [2.05, 4.69) is 17.4 Å². The van der Waals surface area contributed by atoms with Crippen LogP contribution in [0.3, 0.4) is 0 Å². The highest BCUT2D eigenvalue weighted by molar-refractivity contribution is 5.98. The molecule has 0 aliphatic heterocycles. The number of rotatable bonds is 5. The van der Waals surface area contributed by atoms with Crippen LogP contribution in [0.25, 0.3) is 0 Å². The second-order valence-corrected chi connectivity index (χ2v) is 5.65. The maximum atomic E-state index is 8.83. The first-order valence-corrected chi connectivity index (χ1v) is 7.53. The minimum Gasteiger partial charge on any atom is -0.409 e. The lowest BCUT2D eigenvalue weighted by Gasteiger charge is -2.28. The molecular weight excluding hydrogens is 250 g/mol. The molecule has 1 aliphatic rings. The fourth-order valence-corrected chi connectivity index (χ4v) is 3.01. The van der Waals surface area contributed by atoms with Crippen LogP contribution in [-0.4, -0.2) is 17.1 Å². The van der Waals surface area contributed by atoms with Crippen molar-refractivity contribution in [2.24, 2.45) is 16.8 Å². The lowest BCUT2D eigenvalue weighted by molar-refractivity contribution is 0.285. The fourth-order valence-electron chi connectivity index (χ4n) is 3.01. The third kappa shape index (κ3) is 3.73. The number of nitrogens with one attached hydrogen (secondary N) is 1. The van der Waals surface area contributed by atoms with Crippen LogP contribution in [0.15, 0.2) is 29.4 Å². The molecule has 0 radical (unpaired) electrons. The van der Waals surface area contributed by atoms with Gasteiger partial charge in [0.2, 0.25) is 0 Å². The second kappa shape index (κ2) is 7.29. The summed E-state index contributed by atoms with van der Waals surface area (Å²) in [5, 5.41) is 15.5. The molecule has 0 spiro atoms. The first-order valence-electron chi connectivity index (χ1n) is 7.53. The van der Waals surface area contributed by atoms with Crippen molar-refractivity contribution in [3.05, 3.63) is 35.4 Å². The van der Waals surface area contributed by atoms with Crippen molar-refractivity contribution in [2.45, 2.75) is 51.6 Å². The van der Waals surface area contributed by atoms with E-state index in [1.165, 1.54) is 32.1 Å². The molecule has 0 saturated heterocycles. The third-order valence-corrected chi connectivity index (χ3v) is 4.41. The van der Waals surface area contributed by atoms with Gasteiger partial charge >= 0.3 is 0 Å². The minimum atomic E-state index is 0.178. The Kier molecular flexibility index (Phi) is 5.41. The van der Waals surface area contributed by atoms with E-state index in [9.17, 15) is 0 Å². The Morgan fingerprint density at radius 3 is 2.65 bits per heavy atom. The van der Waals surface area contributed by atoms with Gasteiger partial charge in [0.15, 0.2) is 5.84 Å². The SMILES string of the molecule is CCC1CCC(NCc2ccccc2C(N)=NO)CC1. The van der Waals surface area contributed by atoms with Crippen molar-refractivity contribution >= 4 is 5.84 Å². The summed E-state index contributed by atoms with van der Waals surface area (Å²) in [5.41, 5.74) is 7.61. The van der Waals surface area contributed by atoms with Crippen molar-refractivity contribution in [1.82, 2.24) is 5.32 Å². The second-order valence-electron chi connectivity index (χ2n) is 5.65. The Balaban J connectivity index is 1.92. The lowest BCUT2D eigenvalue weighted by Crippen LogP contribution is -2.33. The van der Waals surface area contributed by atoms with Gasteiger partial charge in [0.05, 0.1) is 0 Å². The maximum Gasteiger partial charge on any atom is 0.170 e. The summed E-state index contributed by atoms with van der Waals surface area (Å²) in [5.74, 6) is 1.09. The Morgan fingerprint density at radius 1 is 1.30 bits per heavy atom. The average Bonchev–Trinajstić information content (AvgIpc) is 2.53. The van der Waals surface area contributed by atoms with E-state index in [0.717, 1.165) is 23.6 Å². The molecule has 1 saturated carbocycles. The molecule has 0 bridgehead atoms. The van der Waals surface area contributed by atoms with Crippen LogP contribution in [0, 0.1) is 5.92 Å². The Bertz CT molecular complexity index is 451. The zero-order valence-electron chi connectivity index (χ0n) is 12.2. The fraction of sp³-hybridized carbons (Fsp3) is 0.562. The van der Waals surface area contributed by atoms with Gasteiger partial charge in [-0.2, -0.15) is 0 Å². The molecular formula is C16H25N3O. The van der Waals surface area contributed by atoms with Crippen LogP contribution in [0.4, 0.5) is 0 Å². The molecule has 1 aromatic carbocycles. The summed E-state index contributed by atoms with van der Waals surface area (Å²) in [6.45, 7) is 3.06. The van der Waals surface area contributed by atoms with Crippen molar-refractivity contribution < 1.29 is 5.21 Å². The van der Waals surface area contributed by atoms with Crippen LogP contribution in [0.2, 0.25) is 0 Å². The van der Waals surface area contributed by atoms with Crippen molar-refractivity contribution in [3.8, 4) is 0 Å². The number of amidine groups is 1. The molecule has 0 atom stereocenters. The van der Waals surface area contributed by atoms with E-state index < -0.39 is 0 Å². The van der Waals surface area contributed by atoms with Gasteiger partial charge in [-0.25, -0.2) is 0 Å². The summed E-state index contributed by atoms with van der Waals surface area (Å²) in [6, 6.07) is 8.40. The number of benzene rings is 1. The van der Waals surface area contributed by atoms with Crippen LogP contribution < -0.4 is 11.1 Å². The number of hydrogen-bond acceptors (Lipinski definition) is 3. The van der Waals surface area contributed by atoms with Gasteiger partial charge in [0.1, 0.15) is 0 Å². The molecule has 1 aliphatic carbocycles. The van der Waals surface area contributed by atoms with Gasteiger partial charge in [-0.05, 0) is 37.2 Å². The predicted octanol–water partition coefficient (Wildman–Crippen LogP) is 2.84. The first-order chi connectivity index (χ1) is 9.74. The highest BCUT2D eigenvalue weighted by atomic mass is 16.4. The molecule has 4 nitrogen and oxygen atoms in total. The van der Waals surface area contributed by atoms with Crippen molar-refractivity contribution in [2.75, 3.05) is 0 Å². The molecule has 110 valence electrons. The van der Waals surface area contributed by atoms with Gasteiger partial charge in [-0.1, -0.05) is 42.8 Å². The normalized spacial score (nSPS) is 23.8. The molecule has 0 amide bonds. The maximum absolute atomic E-state index is 8.83. The van der Waals surface area contributed by atoms with Crippen molar-refractivity contribution in [3.63, 3.8) is 0 Å². The van der Waals surface area contributed by atoms with E-state index in [1.54, 1.807) is 0 Å². The van der Waals surface area contributed by atoms with E-state index in [4.69, 9.17) is 10.9 Å². The Hall–Kier alpha value is -1.55. The summed E-state index contributed by atoms with van der Waals surface area (Å²) in [7, 11) is 0. The minimum absolute atomic E-state index is 0.178. The molecule has 2 rings (SSSR count). The number of oxime groups is 1. The van der Waals surface area contributed by atoms with Gasteiger partial charge < -0.3 is 16.3 Å². The molecule has 0 heterocycles. The number of nitrogens with zero attached hydrogens (tertiary/aromatic N) is 1. The van der Waals surface area contributed by atoms with Gasteiger partial charge in [-0.15, -0.1) is 0 Å². The quantitative estimate of drug-likeness (QED) is 0.335. The molecule has 1 aromatic rings. The summed E-state index contributed by atoms with van der Waals surface area (Å²) in [6.07, 6.45) is 6.47. The van der Waals surface area contributed by atoms with Crippen LogP contribution in [0.1, 0.15) is 50.2 Å². The largest absolute Gasteiger partial charge is 0.409 e. The molecule has 0 aromatic heterocycles. The number of hydrogen-bond donors (Lipinski definition) is 3. The molecule has 4 N–H and O–H groups in total. The Labute approximate surface area is 121 Å². The third-order valence-electron chi connectivity index (χ3n) is 4.41. The zero-order valence-corrected chi connectivity index (χ0v) is 12.2. The van der Waals surface area contributed by atoms with Crippen molar-refractivity contribution in [1.29, 1.82) is 0 Å². The van der Waals surface area contributed by atoms with Gasteiger partial charge in [-0.3, -0.25) is 0 Å². The predicted molar refractivity (Wildman–Crippen MR) is 81.8 cm³/mol. The smallest absolute Gasteiger partial charge is 0.170 e. The van der Waals surface area contributed by atoms with E-state index >= 15 is 0 Å². The molecule has 0 unspecified atom stereocenters. The van der Waals surface area contributed by atoms with Crippen LogP contribution in [0.5, 0.6) is 0 Å². The number of nitrogens with two attached hydrogens (primary N) is 1. The van der Waals surface area contributed by atoms with E-state index in [1.807, 2.05) is 24.3 Å². The Morgan fingerprint density at radius 2 is 2.00 bits per heavy atom. The molecule has 4 heteroatoms. The monoisotopic (exact) mass is 275 g/mol. The summed E-state index contributed by atoms with van der Waals surface area (Å²) < 4.78 is 0. The average molecular weight is 275 g/mol. The van der Waals surface area contributed by atoms with Crippen LogP contribution in [-0.2, 0) is 6.54 Å². The summed E-state index contributed by atoms with van der Waals surface area (Å²) in [4.78, 5) is 0.